The second-order valence-corrected chi connectivity index (χ2v) is 6.32. The number of aromatic nitrogens is 4. The van der Waals surface area contributed by atoms with Gasteiger partial charge in [-0.3, -0.25) is 18.9 Å². The van der Waals surface area contributed by atoms with Gasteiger partial charge in [0.15, 0.2) is 11.2 Å². The Kier molecular flexibility index (Phi) is 4.91. The van der Waals surface area contributed by atoms with E-state index in [0.717, 1.165) is 10.1 Å². The van der Waals surface area contributed by atoms with E-state index < -0.39 is 17.4 Å². The molecule has 0 bridgehead atoms. The van der Waals surface area contributed by atoms with Gasteiger partial charge in [-0.15, -0.1) is 0 Å². The summed E-state index contributed by atoms with van der Waals surface area (Å²) < 4.78 is 2.25. The van der Waals surface area contributed by atoms with Gasteiger partial charge >= 0.3 is 5.69 Å². The Bertz CT molecular complexity index is 1100. The minimum atomic E-state index is -0.751. The molecule has 2 heterocycles. The predicted octanol–water partition coefficient (Wildman–Crippen LogP) is 1.01. The van der Waals surface area contributed by atoms with Crippen molar-refractivity contribution in [2.45, 2.75) is 19.1 Å². The highest BCUT2D eigenvalue weighted by molar-refractivity contribution is 5.71. The van der Waals surface area contributed by atoms with Crippen LogP contribution in [0.1, 0.15) is 18.6 Å². The summed E-state index contributed by atoms with van der Waals surface area (Å²) in [7, 11) is 4.60. The fraction of sp³-hybridized carbons (Fsp3) is 0.353. The van der Waals surface area contributed by atoms with Gasteiger partial charge in [-0.05, 0) is 12.5 Å². The van der Waals surface area contributed by atoms with E-state index in [1.807, 2.05) is 37.3 Å². The van der Waals surface area contributed by atoms with Crippen LogP contribution in [0.3, 0.4) is 0 Å². The molecule has 0 aliphatic carbocycles. The molecule has 27 heavy (non-hydrogen) atoms. The van der Waals surface area contributed by atoms with E-state index >= 15 is 0 Å². The Hall–Kier alpha value is -3.27. The lowest BCUT2D eigenvalue weighted by atomic mass is 10.0. The number of likely N-dealkylation sites (N-methyl/N-ethyl adjacent to an activating group) is 1. The lowest BCUT2D eigenvalue weighted by Gasteiger charge is -2.25. The molecule has 142 valence electrons. The molecule has 2 aromatic heterocycles. The molecule has 2 unspecified atom stereocenters. The zero-order valence-electron chi connectivity index (χ0n) is 15.5. The average Bonchev–Trinajstić information content (AvgIpc) is 3.13. The Morgan fingerprint density at radius 2 is 1.85 bits per heavy atom. The van der Waals surface area contributed by atoms with E-state index in [2.05, 4.69) is 20.3 Å². The maximum absolute atomic E-state index is 12.2. The quantitative estimate of drug-likeness (QED) is 0.512. The number of imidazole rings is 1. The molecule has 3 rings (SSSR count). The van der Waals surface area contributed by atoms with Crippen molar-refractivity contribution in [3.8, 4) is 0 Å². The average molecular weight is 371 g/mol. The third-order valence-electron chi connectivity index (χ3n) is 4.55. The largest absolute Gasteiger partial charge is 0.386 e. The normalized spacial score (nSPS) is 14.0. The van der Waals surface area contributed by atoms with Crippen LogP contribution in [0.4, 0.5) is 5.95 Å². The molecule has 0 spiro atoms. The SMILES string of the molecule is CC(C(O)c1ccccc1)N(C)N=Nc1nc2c([nH]1)c(=O)n(C)c(=O)n2C. The number of benzene rings is 1. The van der Waals surface area contributed by atoms with Crippen LogP contribution < -0.4 is 11.2 Å². The van der Waals surface area contributed by atoms with Gasteiger partial charge in [-0.25, -0.2) is 4.79 Å². The van der Waals surface area contributed by atoms with E-state index in [0.29, 0.717) is 0 Å². The molecule has 0 amide bonds. The van der Waals surface area contributed by atoms with Crippen molar-refractivity contribution < 1.29 is 5.11 Å². The maximum atomic E-state index is 12.2. The van der Waals surface area contributed by atoms with Crippen molar-refractivity contribution in [2.24, 2.45) is 24.4 Å². The molecule has 0 fully saturated rings. The standard InChI is InChI=1S/C17H21N7O3/c1-10(13(25)11-8-6-5-7-9-11)24(4)21-20-16-18-12-14(19-16)22(2)17(27)23(3)15(12)26/h5-10,13,25H,1-4H3,(H,18,19). The summed E-state index contributed by atoms with van der Waals surface area (Å²) in [6.45, 7) is 1.81. The molecule has 1 aromatic carbocycles. The maximum Gasteiger partial charge on any atom is 0.332 e. The number of H-pyrrole nitrogens is 1. The van der Waals surface area contributed by atoms with Crippen molar-refractivity contribution in [1.82, 2.24) is 24.1 Å². The van der Waals surface area contributed by atoms with Crippen molar-refractivity contribution in [3.63, 3.8) is 0 Å². The topological polar surface area (TPSA) is 121 Å². The number of aliphatic hydroxyl groups is 1. The van der Waals surface area contributed by atoms with Crippen LogP contribution in [0.2, 0.25) is 0 Å². The Balaban J connectivity index is 1.85. The van der Waals surface area contributed by atoms with E-state index in [4.69, 9.17) is 0 Å². The number of hydrogen-bond acceptors (Lipinski definition) is 6. The Morgan fingerprint density at radius 3 is 2.52 bits per heavy atom. The number of nitrogens with zero attached hydrogens (tertiary/aromatic N) is 6. The summed E-state index contributed by atoms with van der Waals surface area (Å²) in [5, 5.41) is 20.0. The summed E-state index contributed by atoms with van der Waals surface area (Å²) in [4.78, 5) is 31.1. The van der Waals surface area contributed by atoms with Gasteiger partial charge in [-0.1, -0.05) is 40.7 Å². The highest BCUT2D eigenvalue weighted by Gasteiger charge is 2.20. The van der Waals surface area contributed by atoms with E-state index in [-0.39, 0.29) is 23.2 Å². The molecule has 0 aliphatic heterocycles. The monoisotopic (exact) mass is 371 g/mol. The van der Waals surface area contributed by atoms with Crippen LogP contribution in [-0.4, -0.2) is 42.3 Å². The van der Waals surface area contributed by atoms with Gasteiger partial charge < -0.3 is 10.1 Å². The molecule has 0 saturated heterocycles. The second-order valence-electron chi connectivity index (χ2n) is 6.32. The Labute approximate surface area is 154 Å². The number of rotatable bonds is 5. The van der Waals surface area contributed by atoms with Crippen LogP contribution in [0.15, 0.2) is 50.3 Å². The van der Waals surface area contributed by atoms with Gasteiger partial charge in [0.1, 0.15) is 6.10 Å². The highest BCUT2D eigenvalue weighted by Crippen LogP contribution is 2.21. The third-order valence-corrected chi connectivity index (χ3v) is 4.55. The van der Waals surface area contributed by atoms with E-state index in [1.54, 1.807) is 7.05 Å². The van der Waals surface area contributed by atoms with Gasteiger partial charge in [0.05, 0.1) is 6.04 Å². The fourth-order valence-electron chi connectivity index (χ4n) is 2.69. The molecular formula is C17H21N7O3. The molecule has 3 aromatic rings. The third kappa shape index (κ3) is 3.38. The Morgan fingerprint density at radius 1 is 1.19 bits per heavy atom. The fourth-order valence-corrected chi connectivity index (χ4v) is 2.69. The molecule has 10 nitrogen and oxygen atoms in total. The first-order valence-electron chi connectivity index (χ1n) is 8.34. The van der Waals surface area contributed by atoms with E-state index in [9.17, 15) is 14.7 Å². The summed E-state index contributed by atoms with van der Waals surface area (Å²) in [6, 6.07) is 8.91. The number of hydrogen-bond donors (Lipinski definition) is 2. The number of aliphatic hydroxyl groups excluding tert-OH is 1. The van der Waals surface area contributed by atoms with Crippen molar-refractivity contribution in [1.29, 1.82) is 0 Å². The number of nitrogens with one attached hydrogen (secondary N) is 1. The molecule has 10 heteroatoms. The molecule has 2 N–H and O–H groups in total. The minimum Gasteiger partial charge on any atom is -0.386 e. The smallest absolute Gasteiger partial charge is 0.332 e. The van der Waals surface area contributed by atoms with Crippen LogP contribution in [-0.2, 0) is 14.1 Å². The lowest BCUT2D eigenvalue weighted by molar-refractivity contribution is 0.0700. The lowest BCUT2D eigenvalue weighted by Crippen LogP contribution is -2.36. The first-order chi connectivity index (χ1) is 12.8. The van der Waals surface area contributed by atoms with E-state index in [1.165, 1.54) is 23.7 Å². The summed E-state index contributed by atoms with van der Waals surface area (Å²) in [5.41, 5.74) is 0.197. The van der Waals surface area contributed by atoms with Crippen molar-refractivity contribution >= 4 is 17.1 Å². The molecule has 0 aliphatic rings. The summed E-state index contributed by atoms with van der Waals surface area (Å²) in [6.07, 6.45) is -0.751. The molecular weight excluding hydrogens is 350 g/mol. The molecule has 0 saturated carbocycles. The van der Waals surface area contributed by atoms with Gasteiger partial charge in [-0.2, -0.15) is 4.98 Å². The second kappa shape index (κ2) is 7.16. The minimum absolute atomic E-state index is 0.0940. The first kappa shape index (κ1) is 18.5. The van der Waals surface area contributed by atoms with Crippen LogP contribution in [0.5, 0.6) is 0 Å². The first-order valence-corrected chi connectivity index (χ1v) is 8.34. The number of fused-ring (bicyclic) bond motifs is 1. The summed E-state index contributed by atoms with van der Waals surface area (Å²) >= 11 is 0. The van der Waals surface area contributed by atoms with Crippen molar-refractivity contribution in [3.05, 3.63) is 56.7 Å². The predicted molar refractivity (Wildman–Crippen MR) is 99.7 cm³/mol. The molecule has 2 atom stereocenters. The zero-order chi connectivity index (χ0) is 19.7. The van der Waals surface area contributed by atoms with Crippen LogP contribution >= 0.6 is 0 Å². The number of aromatic amines is 1. The zero-order valence-corrected chi connectivity index (χ0v) is 15.5. The molecule has 0 radical (unpaired) electrons. The highest BCUT2D eigenvalue weighted by atomic mass is 16.3. The van der Waals surface area contributed by atoms with Crippen LogP contribution in [0, 0.1) is 0 Å². The van der Waals surface area contributed by atoms with Gasteiger partial charge in [0.25, 0.3) is 11.5 Å². The van der Waals surface area contributed by atoms with Gasteiger partial charge in [0, 0.05) is 21.1 Å². The van der Waals surface area contributed by atoms with Crippen LogP contribution in [0.25, 0.3) is 11.2 Å². The van der Waals surface area contributed by atoms with Gasteiger partial charge in [0.2, 0.25) is 0 Å². The number of aryl methyl sites for hydroxylation is 1. The summed E-state index contributed by atoms with van der Waals surface area (Å²) in [5.74, 6) is 0.0940. The van der Waals surface area contributed by atoms with Crippen molar-refractivity contribution in [2.75, 3.05) is 7.05 Å².